The van der Waals surface area contributed by atoms with E-state index in [0.29, 0.717) is 12.1 Å². The maximum Gasteiger partial charge on any atom is 0.255 e. The summed E-state index contributed by atoms with van der Waals surface area (Å²) in [5.41, 5.74) is 3.31. The Morgan fingerprint density at radius 1 is 0.955 bits per heavy atom. The molecule has 1 aliphatic rings. The van der Waals surface area contributed by atoms with Gasteiger partial charge in [0.05, 0.1) is 5.57 Å². The van der Waals surface area contributed by atoms with E-state index >= 15 is 0 Å². The Morgan fingerprint density at radius 2 is 1.59 bits per heavy atom. The molecule has 0 saturated carbocycles. The molecule has 0 unspecified atom stereocenters. The van der Waals surface area contributed by atoms with Crippen molar-refractivity contribution < 1.29 is 9.59 Å². The summed E-state index contributed by atoms with van der Waals surface area (Å²) < 4.78 is 0. The molecule has 22 heavy (non-hydrogen) atoms. The Labute approximate surface area is 129 Å². The topological polar surface area (TPSA) is 46.2 Å². The molecule has 0 atom stereocenters. The van der Waals surface area contributed by atoms with Crippen LogP contribution in [0.25, 0.3) is 5.57 Å². The van der Waals surface area contributed by atoms with Crippen LogP contribution in [0.2, 0.25) is 0 Å². The average Bonchev–Trinajstić information content (AvgIpc) is 2.87. The van der Waals surface area contributed by atoms with Gasteiger partial charge in [0.15, 0.2) is 5.78 Å². The molecule has 0 spiro atoms. The van der Waals surface area contributed by atoms with Crippen LogP contribution < -0.4 is 5.32 Å². The van der Waals surface area contributed by atoms with E-state index in [1.165, 1.54) is 0 Å². The molecule has 1 aliphatic carbocycles. The largest absolute Gasteiger partial charge is 0.352 e. The number of carbonyl (C=O) groups is 2. The van der Waals surface area contributed by atoms with Crippen molar-refractivity contribution in [3.63, 3.8) is 0 Å². The van der Waals surface area contributed by atoms with Gasteiger partial charge >= 0.3 is 0 Å². The molecule has 2 aromatic rings. The third-order valence-electron chi connectivity index (χ3n) is 3.74. The number of fused-ring (bicyclic) bond motifs is 1. The van der Waals surface area contributed by atoms with Gasteiger partial charge in [-0.15, -0.1) is 0 Å². The Morgan fingerprint density at radius 3 is 2.27 bits per heavy atom. The standard InChI is InChI=1S/C19H17NO2/c1-2-12-20-19(22)17-16(13-8-4-3-5-9-13)14-10-6-7-11-15(14)18(17)21/h3-11H,2,12H2,1H3,(H,20,22). The first-order valence-corrected chi connectivity index (χ1v) is 7.46. The molecule has 0 radical (unpaired) electrons. The van der Waals surface area contributed by atoms with Crippen molar-refractivity contribution in [3.05, 3.63) is 76.9 Å². The zero-order chi connectivity index (χ0) is 15.5. The molecule has 110 valence electrons. The zero-order valence-corrected chi connectivity index (χ0v) is 12.4. The lowest BCUT2D eigenvalue weighted by molar-refractivity contribution is -0.117. The van der Waals surface area contributed by atoms with E-state index in [1.54, 1.807) is 6.07 Å². The molecule has 1 amide bonds. The second-order valence-electron chi connectivity index (χ2n) is 5.25. The number of hydrogen-bond donors (Lipinski definition) is 1. The highest BCUT2D eigenvalue weighted by Gasteiger charge is 2.34. The van der Waals surface area contributed by atoms with Crippen molar-refractivity contribution in [1.29, 1.82) is 0 Å². The van der Waals surface area contributed by atoms with E-state index < -0.39 is 0 Å². The fourth-order valence-electron chi connectivity index (χ4n) is 2.73. The fourth-order valence-corrected chi connectivity index (χ4v) is 2.73. The van der Waals surface area contributed by atoms with Crippen molar-refractivity contribution in [2.75, 3.05) is 6.54 Å². The lowest BCUT2D eigenvalue weighted by atomic mass is 9.97. The Kier molecular flexibility index (Phi) is 3.88. The predicted octanol–water partition coefficient (Wildman–Crippen LogP) is 3.21. The molecule has 0 aliphatic heterocycles. The third-order valence-corrected chi connectivity index (χ3v) is 3.74. The van der Waals surface area contributed by atoms with Crippen LogP contribution in [0.4, 0.5) is 0 Å². The van der Waals surface area contributed by atoms with E-state index in [9.17, 15) is 9.59 Å². The summed E-state index contributed by atoms with van der Waals surface area (Å²) in [5, 5.41) is 2.82. The van der Waals surface area contributed by atoms with Gasteiger partial charge in [0, 0.05) is 17.7 Å². The van der Waals surface area contributed by atoms with Crippen LogP contribution in [0, 0.1) is 0 Å². The molecule has 1 N–H and O–H groups in total. The number of rotatable bonds is 4. The van der Waals surface area contributed by atoms with Crippen molar-refractivity contribution in [1.82, 2.24) is 5.32 Å². The van der Waals surface area contributed by atoms with E-state index in [1.807, 2.05) is 55.5 Å². The summed E-state index contributed by atoms with van der Waals surface area (Å²) in [6, 6.07) is 17.0. The summed E-state index contributed by atoms with van der Waals surface area (Å²) in [7, 11) is 0. The molecule has 2 aromatic carbocycles. The highest BCUT2D eigenvalue weighted by molar-refractivity contribution is 6.36. The molecule has 0 heterocycles. The maximum atomic E-state index is 12.7. The van der Waals surface area contributed by atoms with Crippen LogP contribution in [-0.2, 0) is 4.79 Å². The average molecular weight is 291 g/mol. The van der Waals surface area contributed by atoms with Gasteiger partial charge in [-0.25, -0.2) is 0 Å². The molecule has 0 aromatic heterocycles. The molecule has 3 nitrogen and oxygen atoms in total. The number of benzene rings is 2. The van der Waals surface area contributed by atoms with Gasteiger partial charge in [0.1, 0.15) is 0 Å². The lowest BCUT2D eigenvalue weighted by Gasteiger charge is -2.08. The number of ketones is 1. The summed E-state index contributed by atoms with van der Waals surface area (Å²) in [4.78, 5) is 25.1. The molecular weight excluding hydrogens is 274 g/mol. The van der Waals surface area contributed by atoms with Gasteiger partial charge in [-0.3, -0.25) is 9.59 Å². The summed E-state index contributed by atoms with van der Waals surface area (Å²) in [5.74, 6) is -0.482. The van der Waals surface area contributed by atoms with Gasteiger partial charge in [-0.05, 0) is 17.5 Å². The first-order chi connectivity index (χ1) is 10.7. The Hall–Kier alpha value is -2.68. The van der Waals surface area contributed by atoms with Crippen molar-refractivity contribution in [2.45, 2.75) is 13.3 Å². The number of hydrogen-bond acceptors (Lipinski definition) is 2. The smallest absolute Gasteiger partial charge is 0.255 e. The van der Waals surface area contributed by atoms with Crippen LogP contribution in [0.3, 0.4) is 0 Å². The second-order valence-corrected chi connectivity index (χ2v) is 5.25. The van der Waals surface area contributed by atoms with Crippen LogP contribution in [0.15, 0.2) is 60.2 Å². The summed E-state index contributed by atoms with van der Waals surface area (Å²) in [6.07, 6.45) is 0.834. The molecular formula is C19H17NO2. The van der Waals surface area contributed by atoms with Gasteiger partial charge in [0.2, 0.25) is 0 Å². The maximum absolute atomic E-state index is 12.7. The second kappa shape index (κ2) is 5.98. The zero-order valence-electron chi connectivity index (χ0n) is 12.4. The fraction of sp³-hybridized carbons (Fsp3) is 0.158. The Balaban J connectivity index is 2.17. The SMILES string of the molecule is CCCNC(=O)C1=C(c2ccccc2)c2ccccc2C1=O. The van der Waals surface area contributed by atoms with E-state index in [0.717, 1.165) is 23.1 Å². The van der Waals surface area contributed by atoms with Crippen LogP contribution in [-0.4, -0.2) is 18.2 Å². The minimum absolute atomic E-state index is 0.192. The molecule has 3 heteroatoms. The first-order valence-electron chi connectivity index (χ1n) is 7.46. The molecule has 3 rings (SSSR count). The van der Waals surface area contributed by atoms with E-state index in [2.05, 4.69) is 5.32 Å². The monoisotopic (exact) mass is 291 g/mol. The highest BCUT2D eigenvalue weighted by Crippen LogP contribution is 2.37. The lowest BCUT2D eigenvalue weighted by Crippen LogP contribution is -2.28. The van der Waals surface area contributed by atoms with Gasteiger partial charge in [-0.1, -0.05) is 61.5 Å². The number of nitrogens with one attached hydrogen (secondary N) is 1. The number of amides is 1. The van der Waals surface area contributed by atoms with E-state index in [4.69, 9.17) is 0 Å². The third kappa shape index (κ3) is 2.35. The van der Waals surface area contributed by atoms with Crippen LogP contribution in [0.5, 0.6) is 0 Å². The van der Waals surface area contributed by atoms with Crippen molar-refractivity contribution >= 4 is 17.3 Å². The minimum atomic E-state index is -0.290. The highest BCUT2D eigenvalue weighted by atomic mass is 16.2. The summed E-state index contributed by atoms with van der Waals surface area (Å²) >= 11 is 0. The number of carbonyl (C=O) groups excluding carboxylic acids is 2. The molecule has 0 saturated heterocycles. The first kappa shape index (κ1) is 14.3. The van der Waals surface area contributed by atoms with Gasteiger partial charge in [0.25, 0.3) is 5.91 Å². The van der Waals surface area contributed by atoms with Crippen molar-refractivity contribution in [3.8, 4) is 0 Å². The van der Waals surface area contributed by atoms with Crippen molar-refractivity contribution in [2.24, 2.45) is 0 Å². The molecule has 0 bridgehead atoms. The minimum Gasteiger partial charge on any atom is -0.352 e. The van der Waals surface area contributed by atoms with E-state index in [-0.39, 0.29) is 17.3 Å². The van der Waals surface area contributed by atoms with Crippen LogP contribution >= 0.6 is 0 Å². The normalized spacial score (nSPS) is 13.2. The Bertz CT molecular complexity index is 760. The van der Waals surface area contributed by atoms with Gasteiger partial charge < -0.3 is 5.32 Å². The van der Waals surface area contributed by atoms with Crippen LogP contribution in [0.1, 0.15) is 34.8 Å². The predicted molar refractivity (Wildman–Crippen MR) is 86.5 cm³/mol. The molecule has 0 fully saturated rings. The number of Topliss-reactive ketones (excluding diaryl/α,β-unsaturated/α-hetero) is 1. The quantitative estimate of drug-likeness (QED) is 0.879. The summed E-state index contributed by atoms with van der Waals surface area (Å²) in [6.45, 7) is 2.55. The van der Waals surface area contributed by atoms with Gasteiger partial charge in [-0.2, -0.15) is 0 Å².